The number of aryl methyl sites for hydroxylation is 2. The van der Waals surface area contributed by atoms with E-state index in [1.807, 2.05) is 42.3 Å². The Morgan fingerprint density at radius 2 is 1.90 bits per heavy atom. The zero-order chi connectivity index (χ0) is 14.7. The Morgan fingerprint density at radius 3 is 2.71 bits per heavy atom. The molecule has 1 unspecified atom stereocenters. The summed E-state index contributed by atoms with van der Waals surface area (Å²) in [6.07, 6.45) is 6.40. The summed E-state index contributed by atoms with van der Waals surface area (Å²) in [6.45, 7) is 0. The number of pyridine rings is 1. The zero-order valence-electron chi connectivity index (χ0n) is 12.2. The smallest absolute Gasteiger partial charge is 0.0718 e. The monoisotopic (exact) mass is 280 g/mol. The van der Waals surface area contributed by atoms with Crippen LogP contribution in [0.2, 0.25) is 0 Å². The van der Waals surface area contributed by atoms with Crippen LogP contribution in [0.4, 0.5) is 0 Å². The summed E-state index contributed by atoms with van der Waals surface area (Å²) >= 11 is 0. The number of rotatable bonds is 5. The molecule has 2 aromatic heterocycles. The predicted molar refractivity (Wildman–Crippen MR) is 85.0 cm³/mol. The van der Waals surface area contributed by atoms with Gasteiger partial charge in [-0.15, -0.1) is 0 Å². The van der Waals surface area contributed by atoms with Crippen molar-refractivity contribution in [1.82, 2.24) is 14.8 Å². The predicted octanol–water partition coefficient (Wildman–Crippen LogP) is 2.47. The van der Waals surface area contributed by atoms with Crippen molar-refractivity contribution in [2.75, 3.05) is 0 Å². The van der Waals surface area contributed by atoms with Crippen LogP contribution in [0.3, 0.4) is 0 Å². The van der Waals surface area contributed by atoms with Crippen LogP contribution >= 0.6 is 0 Å². The van der Waals surface area contributed by atoms with Gasteiger partial charge in [0.2, 0.25) is 0 Å². The molecule has 3 aromatic rings. The topological polar surface area (TPSA) is 56.7 Å². The summed E-state index contributed by atoms with van der Waals surface area (Å²) in [7, 11) is 1.98. The molecule has 21 heavy (non-hydrogen) atoms. The molecule has 0 saturated heterocycles. The van der Waals surface area contributed by atoms with Crippen molar-refractivity contribution in [3.63, 3.8) is 0 Å². The summed E-state index contributed by atoms with van der Waals surface area (Å²) in [6, 6.07) is 12.5. The number of fused-ring (bicyclic) bond motifs is 1. The first-order valence-corrected chi connectivity index (χ1v) is 7.29. The number of para-hydroxylation sites is 1. The Labute approximate surface area is 124 Å². The van der Waals surface area contributed by atoms with E-state index in [9.17, 15) is 0 Å². The molecule has 0 spiro atoms. The second-order valence-corrected chi connectivity index (χ2v) is 5.45. The molecule has 0 saturated carbocycles. The van der Waals surface area contributed by atoms with Crippen molar-refractivity contribution in [2.24, 2.45) is 12.8 Å². The molecule has 108 valence electrons. The van der Waals surface area contributed by atoms with Gasteiger partial charge in [-0.2, -0.15) is 5.10 Å². The van der Waals surface area contributed by atoms with E-state index in [1.165, 1.54) is 10.9 Å². The van der Waals surface area contributed by atoms with Gasteiger partial charge in [0.05, 0.1) is 11.2 Å². The summed E-state index contributed by atoms with van der Waals surface area (Å²) < 4.78 is 1.93. The second kappa shape index (κ2) is 6.06. The maximum absolute atomic E-state index is 6.29. The fraction of sp³-hybridized carbons (Fsp3) is 0.294. The molecule has 0 bridgehead atoms. The standard InChI is InChI=1S/C17H20N4/c1-21-17-5-3-2-4-15(17)16(20-21)12-14(18)7-6-13-8-10-19-11-9-13/h2-5,8-11,14H,6-7,12,18H2,1H3. The highest BCUT2D eigenvalue weighted by Crippen LogP contribution is 2.19. The molecule has 4 heteroatoms. The zero-order valence-corrected chi connectivity index (χ0v) is 12.2. The van der Waals surface area contributed by atoms with Crippen LogP contribution in [0.1, 0.15) is 17.7 Å². The van der Waals surface area contributed by atoms with Crippen LogP contribution in [0, 0.1) is 0 Å². The second-order valence-electron chi connectivity index (χ2n) is 5.45. The SMILES string of the molecule is Cn1nc(CC(N)CCc2ccncc2)c2ccccc21. The van der Waals surface area contributed by atoms with Gasteiger partial charge in [-0.1, -0.05) is 18.2 Å². The van der Waals surface area contributed by atoms with Gasteiger partial charge < -0.3 is 5.73 Å². The first-order chi connectivity index (χ1) is 10.2. The summed E-state index contributed by atoms with van der Waals surface area (Å²) in [5.74, 6) is 0. The van der Waals surface area contributed by atoms with E-state index in [0.29, 0.717) is 0 Å². The quantitative estimate of drug-likeness (QED) is 0.781. The summed E-state index contributed by atoms with van der Waals surface area (Å²) in [5.41, 5.74) is 9.83. The average Bonchev–Trinajstić information content (AvgIpc) is 2.83. The highest BCUT2D eigenvalue weighted by atomic mass is 15.3. The third kappa shape index (κ3) is 3.11. The van der Waals surface area contributed by atoms with Gasteiger partial charge in [0.1, 0.15) is 0 Å². The Kier molecular flexibility index (Phi) is 3.97. The molecule has 0 fully saturated rings. The van der Waals surface area contributed by atoms with Crippen LogP contribution in [-0.4, -0.2) is 20.8 Å². The Hall–Kier alpha value is -2.20. The van der Waals surface area contributed by atoms with E-state index in [1.54, 1.807) is 0 Å². The van der Waals surface area contributed by atoms with E-state index in [4.69, 9.17) is 5.73 Å². The number of hydrogen-bond donors (Lipinski definition) is 1. The molecular weight excluding hydrogens is 260 g/mol. The molecule has 0 aliphatic heterocycles. The Morgan fingerprint density at radius 1 is 1.14 bits per heavy atom. The fourth-order valence-corrected chi connectivity index (χ4v) is 2.69. The number of aromatic nitrogens is 3. The largest absolute Gasteiger partial charge is 0.327 e. The third-order valence-corrected chi connectivity index (χ3v) is 3.84. The van der Waals surface area contributed by atoms with E-state index in [0.717, 1.165) is 30.5 Å². The molecule has 2 heterocycles. The molecule has 0 radical (unpaired) electrons. The van der Waals surface area contributed by atoms with Crippen molar-refractivity contribution < 1.29 is 0 Å². The average molecular weight is 280 g/mol. The summed E-state index contributed by atoms with van der Waals surface area (Å²) in [5, 5.41) is 5.82. The van der Waals surface area contributed by atoms with Crippen molar-refractivity contribution >= 4 is 10.9 Å². The molecule has 1 aromatic carbocycles. The lowest BCUT2D eigenvalue weighted by atomic mass is 10.0. The number of hydrogen-bond acceptors (Lipinski definition) is 3. The molecule has 0 amide bonds. The maximum atomic E-state index is 6.29. The van der Waals surface area contributed by atoms with Crippen LogP contribution < -0.4 is 5.73 Å². The minimum Gasteiger partial charge on any atom is -0.327 e. The van der Waals surface area contributed by atoms with Crippen molar-refractivity contribution in [3.05, 3.63) is 60.0 Å². The lowest BCUT2D eigenvalue weighted by Gasteiger charge is -2.10. The normalized spacial score (nSPS) is 12.7. The van der Waals surface area contributed by atoms with E-state index in [2.05, 4.69) is 28.3 Å². The van der Waals surface area contributed by atoms with E-state index in [-0.39, 0.29) is 6.04 Å². The van der Waals surface area contributed by atoms with Gasteiger partial charge in [-0.05, 0) is 36.6 Å². The highest BCUT2D eigenvalue weighted by molar-refractivity contribution is 5.81. The van der Waals surface area contributed by atoms with Gasteiger partial charge in [-0.25, -0.2) is 0 Å². The van der Waals surface area contributed by atoms with Gasteiger partial charge in [0.15, 0.2) is 0 Å². The number of benzene rings is 1. The van der Waals surface area contributed by atoms with Gasteiger partial charge in [0.25, 0.3) is 0 Å². The van der Waals surface area contributed by atoms with Gasteiger partial charge >= 0.3 is 0 Å². The highest BCUT2D eigenvalue weighted by Gasteiger charge is 2.12. The number of nitrogens with two attached hydrogens (primary N) is 1. The molecular formula is C17H20N4. The number of nitrogens with zero attached hydrogens (tertiary/aromatic N) is 3. The fourth-order valence-electron chi connectivity index (χ4n) is 2.69. The van der Waals surface area contributed by atoms with Crippen molar-refractivity contribution in [1.29, 1.82) is 0 Å². The van der Waals surface area contributed by atoms with Crippen LogP contribution in [-0.2, 0) is 19.9 Å². The van der Waals surface area contributed by atoms with Crippen LogP contribution in [0.15, 0.2) is 48.8 Å². The van der Waals surface area contributed by atoms with Crippen molar-refractivity contribution in [3.8, 4) is 0 Å². The van der Waals surface area contributed by atoms with Crippen LogP contribution in [0.5, 0.6) is 0 Å². The van der Waals surface area contributed by atoms with Gasteiger partial charge in [-0.3, -0.25) is 9.67 Å². The molecule has 1 atom stereocenters. The lowest BCUT2D eigenvalue weighted by Crippen LogP contribution is -2.24. The van der Waals surface area contributed by atoms with Crippen LogP contribution in [0.25, 0.3) is 10.9 Å². The Bertz CT molecular complexity index is 718. The summed E-state index contributed by atoms with van der Waals surface area (Å²) in [4.78, 5) is 4.03. The molecule has 2 N–H and O–H groups in total. The minimum atomic E-state index is 0.122. The molecule has 3 rings (SSSR count). The maximum Gasteiger partial charge on any atom is 0.0718 e. The molecule has 0 aliphatic rings. The molecule has 4 nitrogen and oxygen atoms in total. The Balaban J connectivity index is 1.68. The lowest BCUT2D eigenvalue weighted by molar-refractivity contribution is 0.597. The van der Waals surface area contributed by atoms with Crippen molar-refractivity contribution in [2.45, 2.75) is 25.3 Å². The third-order valence-electron chi connectivity index (χ3n) is 3.84. The minimum absolute atomic E-state index is 0.122. The first-order valence-electron chi connectivity index (χ1n) is 7.29. The molecule has 0 aliphatic carbocycles. The van der Waals surface area contributed by atoms with Gasteiger partial charge in [0, 0.05) is 37.3 Å². The first kappa shape index (κ1) is 13.8. The van der Waals surface area contributed by atoms with E-state index >= 15 is 0 Å². The van der Waals surface area contributed by atoms with E-state index < -0.39 is 0 Å².